The fraction of sp³-hybridized carbons (Fsp3) is 0.105. The van der Waals surface area contributed by atoms with Crippen LogP contribution in [0.4, 0.5) is 5.69 Å². The van der Waals surface area contributed by atoms with Crippen molar-refractivity contribution >= 4 is 11.5 Å². The molecule has 9 nitrogen and oxygen atoms in total. The number of hydrogen-bond acceptors (Lipinski definition) is 7. The van der Waals surface area contributed by atoms with E-state index < -0.39 is 4.92 Å². The Morgan fingerprint density at radius 1 is 1.00 bits per heavy atom. The molecule has 2 aromatic carbocycles. The van der Waals surface area contributed by atoms with Crippen LogP contribution in [-0.4, -0.2) is 37.7 Å². The van der Waals surface area contributed by atoms with Crippen LogP contribution in [0.25, 0.3) is 28.4 Å². The van der Waals surface area contributed by atoms with Crippen LogP contribution in [0.15, 0.2) is 54.7 Å². The van der Waals surface area contributed by atoms with Crippen LogP contribution in [-0.2, 0) is 0 Å². The predicted molar refractivity (Wildman–Crippen MR) is 99.3 cm³/mol. The van der Waals surface area contributed by atoms with Gasteiger partial charge in [0.2, 0.25) is 0 Å². The van der Waals surface area contributed by atoms with Crippen molar-refractivity contribution in [2.45, 2.75) is 0 Å². The molecule has 0 amide bonds. The average Bonchev–Trinajstić information content (AvgIpc) is 3.18. The van der Waals surface area contributed by atoms with E-state index >= 15 is 0 Å². The molecule has 0 fully saturated rings. The van der Waals surface area contributed by atoms with Gasteiger partial charge >= 0.3 is 0 Å². The van der Waals surface area contributed by atoms with Gasteiger partial charge in [-0.25, -0.2) is 4.98 Å². The van der Waals surface area contributed by atoms with Crippen molar-refractivity contribution in [3.63, 3.8) is 0 Å². The fourth-order valence-electron chi connectivity index (χ4n) is 3.10. The molecular weight excluding hydrogens is 362 g/mol. The molecule has 1 aliphatic heterocycles. The lowest BCUT2D eigenvalue weighted by Crippen LogP contribution is -2.15. The first-order chi connectivity index (χ1) is 13.7. The van der Waals surface area contributed by atoms with Gasteiger partial charge in [0, 0.05) is 29.5 Å². The number of fused-ring (bicyclic) bond motifs is 2. The molecule has 0 spiro atoms. The van der Waals surface area contributed by atoms with E-state index in [2.05, 4.69) is 15.1 Å². The van der Waals surface area contributed by atoms with E-state index in [4.69, 9.17) is 9.47 Å². The highest BCUT2D eigenvalue weighted by atomic mass is 16.6. The minimum Gasteiger partial charge on any atom is -0.486 e. The first-order valence-corrected chi connectivity index (χ1v) is 8.56. The highest BCUT2D eigenvalue weighted by Crippen LogP contribution is 2.34. The van der Waals surface area contributed by atoms with Crippen LogP contribution in [0.2, 0.25) is 0 Å². The zero-order valence-corrected chi connectivity index (χ0v) is 14.5. The molecule has 0 unspecified atom stereocenters. The molecule has 0 saturated carbocycles. The summed E-state index contributed by atoms with van der Waals surface area (Å²) in [7, 11) is 0. The third-order valence-electron chi connectivity index (χ3n) is 4.39. The number of non-ortho nitro benzene ring substituents is 1. The van der Waals surface area contributed by atoms with E-state index in [0.717, 1.165) is 5.56 Å². The van der Waals surface area contributed by atoms with Gasteiger partial charge in [-0.1, -0.05) is 12.1 Å². The summed E-state index contributed by atoms with van der Waals surface area (Å²) in [5.74, 6) is 2.21. The van der Waals surface area contributed by atoms with Gasteiger partial charge in [0.1, 0.15) is 13.2 Å². The molecule has 9 heteroatoms. The zero-order chi connectivity index (χ0) is 19.1. The van der Waals surface area contributed by atoms with Gasteiger partial charge < -0.3 is 9.47 Å². The number of ether oxygens (including phenoxy) is 2. The molecule has 0 bridgehead atoms. The molecule has 3 heterocycles. The molecule has 28 heavy (non-hydrogen) atoms. The Bertz CT molecular complexity index is 1220. The Balaban J connectivity index is 1.62. The zero-order valence-electron chi connectivity index (χ0n) is 14.5. The maximum absolute atomic E-state index is 11.1. The summed E-state index contributed by atoms with van der Waals surface area (Å²) >= 11 is 0. The molecule has 2 aromatic heterocycles. The van der Waals surface area contributed by atoms with Crippen LogP contribution in [0.3, 0.4) is 0 Å². The second kappa shape index (κ2) is 6.31. The molecule has 0 atom stereocenters. The van der Waals surface area contributed by atoms with Gasteiger partial charge in [0.05, 0.1) is 10.6 Å². The van der Waals surface area contributed by atoms with Crippen molar-refractivity contribution in [2.75, 3.05) is 13.2 Å². The fourth-order valence-corrected chi connectivity index (χ4v) is 3.10. The van der Waals surface area contributed by atoms with Crippen LogP contribution in [0, 0.1) is 10.1 Å². The van der Waals surface area contributed by atoms with Gasteiger partial charge in [-0.3, -0.25) is 10.1 Å². The lowest BCUT2D eigenvalue weighted by atomic mass is 10.1. The van der Waals surface area contributed by atoms with Gasteiger partial charge in [-0.15, -0.1) is 5.10 Å². The maximum atomic E-state index is 11.1. The molecule has 138 valence electrons. The smallest absolute Gasteiger partial charge is 0.270 e. The summed E-state index contributed by atoms with van der Waals surface area (Å²) < 4.78 is 12.7. The topological polar surface area (TPSA) is 105 Å². The molecule has 4 aromatic rings. The quantitative estimate of drug-likeness (QED) is 0.400. The molecule has 0 aliphatic carbocycles. The lowest BCUT2D eigenvalue weighted by molar-refractivity contribution is -0.384. The van der Waals surface area contributed by atoms with Gasteiger partial charge in [-0.05, 0) is 24.3 Å². The van der Waals surface area contributed by atoms with E-state index in [-0.39, 0.29) is 5.69 Å². The first-order valence-electron chi connectivity index (χ1n) is 8.56. The number of nitro groups is 1. The second-order valence-electron chi connectivity index (χ2n) is 6.14. The third kappa shape index (κ3) is 2.69. The molecule has 5 rings (SSSR count). The maximum Gasteiger partial charge on any atom is 0.270 e. The van der Waals surface area contributed by atoms with Crippen LogP contribution in [0.1, 0.15) is 0 Å². The number of nitro benzene ring substituents is 1. The monoisotopic (exact) mass is 375 g/mol. The summed E-state index contributed by atoms with van der Waals surface area (Å²) in [5, 5.41) is 15.7. The predicted octanol–water partition coefficient (Wildman–Crippen LogP) is 3.14. The largest absolute Gasteiger partial charge is 0.486 e. The first kappa shape index (κ1) is 16.2. The Kier molecular flexibility index (Phi) is 3.64. The van der Waals surface area contributed by atoms with Crippen molar-refractivity contribution in [3.05, 3.63) is 64.8 Å². The van der Waals surface area contributed by atoms with E-state index in [1.54, 1.807) is 28.9 Å². The summed E-state index contributed by atoms with van der Waals surface area (Å²) in [6.45, 7) is 1.02. The van der Waals surface area contributed by atoms with Crippen LogP contribution < -0.4 is 9.47 Å². The summed E-state index contributed by atoms with van der Waals surface area (Å²) in [5.41, 5.74) is 2.08. The number of aromatic nitrogens is 4. The highest BCUT2D eigenvalue weighted by molar-refractivity contribution is 5.67. The van der Waals surface area contributed by atoms with Crippen molar-refractivity contribution in [1.82, 2.24) is 19.6 Å². The van der Waals surface area contributed by atoms with E-state index in [9.17, 15) is 10.1 Å². The summed E-state index contributed by atoms with van der Waals surface area (Å²) in [6, 6.07) is 13.6. The molecular formula is C19H13N5O4. The standard InChI is InChI=1S/C19H13N5O4/c25-24(26)14-3-1-2-12(10-14)15-6-7-20-19-21-18(22-23(15)19)13-4-5-16-17(11-13)28-9-8-27-16/h1-7,10-11H,8-9H2. The minimum absolute atomic E-state index is 0.00892. The second-order valence-corrected chi connectivity index (χ2v) is 6.14. The third-order valence-corrected chi connectivity index (χ3v) is 4.39. The van der Waals surface area contributed by atoms with E-state index in [1.165, 1.54) is 12.1 Å². The Morgan fingerprint density at radius 3 is 2.71 bits per heavy atom. The highest BCUT2D eigenvalue weighted by Gasteiger charge is 2.17. The van der Waals surface area contributed by atoms with Gasteiger partial charge in [0.15, 0.2) is 17.3 Å². The van der Waals surface area contributed by atoms with E-state index in [0.29, 0.717) is 47.6 Å². The van der Waals surface area contributed by atoms with Crippen molar-refractivity contribution in [2.24, 2.45) is 0 Å². The minimum atomic E-state index is -0.427. The number of benzene rings is 2. The van der Waals surface area contributed by atoms with Crippen molar-refractivity contribution < 1.29 is 14.4 Å². The van der Waals surface area contributed by atoms with Crippen molar-refractivity contribution in [1.29, 1.82) is 0 Å². The SMILES string of the molecule is O=[N+]([O-])c1cccc(-c2ccnc3nc(-c4ccc5c(c4)OCCO5)nn23)c1. The van der Waals surface area contributed by atoms with E-state index in [1.807, 2.05) is 18.2 Å². The normalized spacial score (nSPS) is 12.9. The summed E-state index contributed by atoms with van der Waals surface area (Å²) in [4.78, 5) is 19.4. The molecule has 1 aliphatic rings. The van der Waals surface area contributed by atoms with Crippen molar-refractivity contribution in [3.8, 4) is 34.1 Å². The number of nitrogens with zero attached hydrogens (tertiary/aromatic N) is 5. The van der Waals surface area contributed by atoms with Gasteiger partial charge in [0.25, 0.3) is 11.5 Å². The van der Waals surface area contributed by atoms with Crippen LogP contribution in [0.5, 0.6) is 11.5 Å². The number of hydrogen-bond donors (Lipinski definition) is 0. The molecule has 0 radical (unpaired) electrons. The Hall–Kier alpha value is -4.01. The Labute approximate surface area is 158 Å². The molecule has 0 N–H and O–H groups in total. The van der Waals surface area contributed by atoms with Gasteiger partial charge in [-0.2, -0.15) is 9.50 Å². The average molecular weight is 375 g/mol. The number of rotatable bonds is 3. The molecule has 0 saturated heterocycles. The Morgan fingerprint density at radius 2 is 1.86 bits per heavy atom. The summed E-state index contributed by atoms with van der Waals surface area (Å²) in [6.07, 6.45) is 1.60. The lowest BCUT2D eigenvalue weighted by Gasteiger charge is -2.18. The van der Waals surface area contributed by atoms with Crippen LogP contribution >= 0.6 is 0 Å².